The molecule has 0 saturated carbocycles. The quantitative estimate of drug-likeness (QED) is 0.667. The third-order valence-electron chi connectivity index (χ3n) is 4.81. The summed E-state index contributed by atoms with van der Waals surface area (Å²) in [4.78, 5) is 12.7. The van der Waals surface area contributed by atoms with E-state index in [2.05, 4.69) is 10.6 Å². The lowest BCUT2D eigenvalue weighted by molar-refractivity contribution is 0.0950. The Labute approximate surface area is 167 Å². The molecule has 0 aliphatic carbocycles. The molecule has 1 aliphatic heterocycles. The molecular formula is C21H27N3O3S. The van der Waals surface area contributed by atoms with Crippen LogP contribution in [-0.4, -0.2) is 44.8 Å². The van der Waals surface area contributed by atoms with Crippen LogP contribution in [0.5, 0.6) is 0 Å². The van der Waals surface area contributed by atoms with Crippen molar-refractivity contribution in [2.24, 2.45) is 0 Å². The van der Waals surface area contributed by atoms with Gasteiger partial charge in [-0.2, -0.15) is 4.31 Å². The number of anilines is 1. The number of carbonyl (C=O) groups excluding carboxylic acids is 1. The van der Waals surface area contributed by atoms with E-state index in [0.29, 0.717) is 19.6 Å². The van der Waals surface area contributed by atoms with Crippen LogP contribution in [0.25, 0.3) is 0 Å². The Kier molecular flexibility index (Phi) is 7.06. The fourth-order valence-corrected chi connectivity index (χ4v) is 5.00. The minimum atomic E-state index is -3.65. The van der Waals surface area contributed by atoms with Crippen molar-refractivity contribution in [1.82, 2.24) is 9.62 Å². The zero-order valence-electron chi connectivity index (χ0n) is 15.9. The molecule has 1 amide bonds. The first-order valence-corrected chi connectivity index (χ1v) is 11.2. The number of benzene rings is 2. The number of para-hydroxylation sites is 1. The normalized spacial score (nSPS) is 15.1. The molecule has 2 N–H and O–H groups in total. The van der Waals surface area contributed by atoms with Gasteiger partial charge in [0.1, 0.15) is 0 Å². The highest BCUT2D eigenvalue weighted by Gasteiger charge is 2.29. The van der Waals surface area contributed by atoms with Crippen molar-refractivity contribution in [2.45, 2.75) is 30.6 Å². The standard InChI is InChI=1S/C21H27N3O3S/c25-21(23-15-9-14-22-18-10-3-1-4-11-18)19-12-5-6-13-20(19)28(26,27)24-16-7-2-8-17-24/h1,3-6,10-13,22H,2,7-9,14-17H2,(H,23,25). The van der Waals surface area contributed by atoms with Crippen molar-refractivity contribution >= 4 is 21.6 Å². The predicted molar refractivity (Wildman–Crippen MR) is 111 cm³/mol. The summed E-state index contributed by atoms with van der Waals surface area (Å²) in [6.45, 7) is 2.22. The zero-order valence-corrected chi connectivity index (χ0v) is 16.7. The van der Waals surface area contributed by atoms with Gasteiger partial charge in [0.2, 0.25) is 10.0 Å². The average Bonchev–Trinajstić information content (AvgIpc) is 2.75. The van der Waals surface area contributed by atoms with E-state index in [-0.39, 0.29) is 16.4 Å². The maximum Gasteiger partial charge on any atom is 0.252 e. The van der Waals surface area contributed by atoms with Crippen LogP contribution in [0.1, 0.15) is 36.0 Å². The van der Waals surface area contributed by atoms with Gasteiger partial charge in [-0.05, 0) is 43.5 Å². The fraction of sp³-hybridized carbons (Fsp3) is 0.381. The van der Waals surface area contributed by atoms with Crippen molar-refractivity contribution in [3.05, 3.63) is 60.2 Å². The Morgan fingerprint density at radius 1 is 0.893 bits per heavy atom. The molecule has 0 unspecified atom stereocenters. The van der Waals surface area contributed by atoms with Gasteiger partial charge >= 0.3 is 0 Å². The van der Waals surface area contributed by atoms with Crippen LogP contribution in [0.3, 0.4) is 0 Å². The minimum Gasteiger partial charge on any atom is -0.385 e. The Hall–Kier alpha value is -2.38. The third kappa shape index (κ3) is 5.11. The van der Waals surface area contributed by atoms with Crippen LogP contribution >= 0.6 is 0 Å². The van der Waals surface area contributed by atoms with Crippen molar-refractivity contribution in [1.29, 1.82) is 0 Å². The number of carbonyl (C=O) groups is 1. The van der Waals surface area contributed by atoms with E-state index in [4.69, 9.17) is 0 Å². The lowest BCUT2D eigenvalue weighted by Gasteiger charge is -2.26. The Morgan fingerprint density at radius 3 is 2.32 bits per heavy atom. The highest BCUT2D eigenvalue weighted by molar-refractivity contribution is 7.89. The Morgan fingerprint density at radius 2 is 1.57 bits per heavy atom. The van der Waals surface area contributed by atoms with E-state index in [9.17, 15) is 13.2 Å². The fourth-order valence-electron chi connectivity index (χ4n) is 3.30. The van der Waals surface area contributed by atoms with Gasteiger partial charge in [0.05, 0.1) is 10.5 Å². The van der Waals surface area contributed by atoms with E-state index < -0.39 is 10.0 Å². The number of hydrogen-bond donors (Lipinski definition) is 2. The topological polar surface area (TPSA) is 78.5 Å². The number of nitrogens with zero attached hydrogens (tertiary/aromatic N) is 1. The highest BCUT2D eigenvalue weighted by atomic mass is 32.2. The Balaban J connectivity index is 1.58. The first-order chi connectivity index (χ1) is 13.6. The molecule has 0 aromatic heterocycles. The number of sulfonamides is 1. The van der Waals surface area contributed by atoms with E-state index in [0.717, 1.165) is 37.9 Å². The van der Waals surface area contributed by atoms with Gasteiger partial charge in [-0.1, -0.05) is 36.8 Å². The summed E-state index contributed by atoms with van der Waals surface area (Å²) in [6.07, 6.45) is 3.51. The number of rotatable bonds is 8. The summed E-state index contributed by atoms with van der Waals surface area (Å²) in [5.41, 5.74) is 1.25. The van der Waals surface area contributed by atoms with Crippen LogP contribution in [0.4, 0.5) is 5.69 Å². The van der Waals surface area contributed by atoms with Crippen molar-refractivity contribution < 1.29 is 13.2 Å². The molecule has 1 heterocycles. The van der Waals surface area contributed by atoms with E-state index in [1.54, 1.807) is 18.2 Å². The van der Waals surface area contributed by atoms with Crippen LogP contribution in [0, 0.1) is 0 Å². The summed E-state index contributed by atoms with van der Waals surface area (Å²) in [7, 11) is -3.65. The predicted octanol–water partition coefficient (Wildman–Crippen LogP) is 3.09. The van der Waals surface area contributed by atoms with Crippen LogP contribution < -0.4 is 10.6 Å². The molecule has 0 bridgehead atoms. The van der Waals surface area contributed by atoms with Gasteiger partial charge < -0.3 is 10.6 Å². The van der Waals surface area contributed by atoms with Gasteiger partial charge in [0.25, 0.3) is 5.91 Å². The van der Waals surface area contributed by atoms with E-state index in [1.165, 1.54) is 10.4 Å². The molecule has 1 aliphatic rings. The second-order valence-electron chi connectivity index (χ2n) is 6.86. The SMILES string of the molecule is O=C(NCCCNc1ccccc1)c1ccccc1S(=O)(=O)N1CCCCC1. The second-order valence-corrected chi connectivity index (χ2v) is 8.77. The molecule has 3 rings (SSSR count). The summed E-state index contributed by atoms with van der Waals surface area (Å²) < 4.78 is 27.5. The van der Waals surface area contributed by atoms with Gasteiger partial charge in [0.15, 0.2) is 0 Å². The molecule has 28 heavy (non-hydrogen) atoms. The molecule has 2 aromatic rings. The summed E-state index contributed by atoms with van der Waals surface area (Å²) in [5.74, 6) is -0.351. The van der Waals surface area contributed by atoms with E-state index in [1.807, 2.05) is 30.3 Å². The molecule has 0 atom stereocenters. The van der Waals surface area contributed by atoms with Crippen LogP contribution in [0.15, 0.2) is 59.5 Å². The molecule has 2 aromatic carbocycles. The lowest BCUT2D eigenvalue weighted by Crippen LogP contribution is -2.37. The monoisotopic (exact) mass is 401 g/mol. The molecular weight excluding hydrogens is 374 g/mol. The smallest absolute Gasteiger partial charge is 0.252 e. The molecule has 7 heteroatoms. The number of hydrogen-bond acceptors (Lipinski definition) is 4. The second kappa shape index (κ2) is 9.71. The van der Waals surface area contributed by atoms with Crippen LogP contribution in [-0.2, 0) is 10.0 Å². The van der Waals surface area contributed by atoms with Gasteiger partial charge in [-0.3, -0.25) is 4.79 Å². The van der Waals surface area contributed by atoms with Gasteiger partial charge in [-0.25, -0.2) is 8.42 Å². The van der Waals surface area contributed by atoms with Crippen LogP contribution in [0.2, 0.25) is 0 Å². The molecule has 1 fully saturated rings. The van der Waals surface area contributed by atoms with E-state index >= 15 is 0 Å². The minimum absolute atomic E-state index is 0.0943. The largest absolute Gasteiger partial charge is 0.385 e. The number of nitrogens with one attached hydrogen (secondary N) is 2. The third-order valence-corrected chi connectivity index (χ3v) is 6.76. The first kappa shape index (κ1) is 20.4. The van der Waals surface area contributed by atoms with Gasteiger partial charge in [0, 0.05) is 31.9 Å². The molecule has 0 spiro atoms. The first-order valence-electron chi connectivity index (χ1n) is 9.75. The highest BCUT2D eigenvalue weighted by Crippen LogP contribution is 2.23. The van der Waals surface area contributed by atoms with Crippen molar-refractivity contribution in [3.63, 3.8) is 0 Å². The number of piperidine rings is 1. The average molecular weight is 402 g/mol. The van der Waals surface area contributed by atoms with Crippen molar-refractivity contribution in [2.75, 3.05) is 31.5 Å². The summed E-state index contributed by atoms with van der Waals surface area (Å²) >= 11 is 0. The van der Waals surface area contributed by atoms with Crippen molar-refractivity contribution in [3.8, 4) is 0 Å². The zero-order chi connectivity index (χ0) is 19.8. The number of amides is 1. The lowest BCUT2D eigenvalue weighted by atomic mass is 10.2. The maximum atomic E-state index is 13.0. The van der Waals surface area contributed by atoms with Gasteiger partial charge in [-0.15, -0.1) is 0 Å². The molecule has 0 radical (unpaired) electrons. The summed E-state index contributed by atoms with van der Waals surface area (Å²) in [5, 5.41) is 6.12. The molecule has 150 valence electrons. The summed E-state index contributed by atoms with van der Waals surface area (Å²) in [6, 6.07) is 16.3. The molecule has 6 nitrogen and oxygen atoms in total. The Bertz CT molecular complexity index is 879. The maximum absolute atomic E-state index is 13.0. The molecule has 1 saturated heterocycles.